The average molecular weight is 362 g/mol. The molecule has 0 amide bonds. The largest absolute Gasteiger partial charge is 0.495 e. The number of likely N-dealkylation sites (N-methyl/N-ethyl adjacent to an activating group) is 1. The summed E-state index contributed by atoms with van der Waals surface area (Å²) in [4.78, 5) is 13.9. The Balaban J connectivity index is 1.76. The van der Waals surface area contributed by atoms with Crippen LogP contribution < -0.4 is 15.0 Å². The molecule has 1 aliphatic heterocycles. The monoisotopic (exact) mass is 361 g/mol. The molecule has 1 aromatic carbocycles. The number of rotatable bonds is 5. The van der Waals surface area contributed by atoms with Crippen LogP contribution in [0.15, 0.2) is 24.3 Å². The summed E-state index contributed by atoms with van der Waals surface area (Å²) >= 11 is 6.20. The predicted octanol–water partition coefficient (Wildman–Crippen LogP) is 3.33. The summed E-state index contributed by atoms with van der Waals surface area (Å²) in [7, 11) is 1.60. The van der Waals surface area contributed by atoms with Gasteiger partial charge in [-0.25, -0.2) is 9.97 Å². The molecule has 2 heterocycles. The fourth-order valence-electron chi connectivity index (χ4n) is 2.96. The van der Waals surface area contributed by atoms with Crippen molar-refractivity contribution in [3.8, 4) is 5.75 Å². The van der Waals surface area contributed by atoms with Crippen molar-refractivity contribution in [3.63, 3.8) is 0 Å². The van der Waals surface area contributed by atoms with Gasteiger partial charge >= 0.3 is 0 Å². The zero-order chi connectivity index (χ0) is 17.8. The highest BCUT2D eigenvalue weighted by atomic mass is 35.5. The molecule has 1 fully saturated rings. The Morgan fingerprint density at radius 2 is 1.92 bits per heavy atom. The second-order valence-corrected chi connectivity index (χ2v) is 6.46. The molecule has 25 heavy (non-hydrogen) atoms. The van der Waals surface area contributed by atoms with Crippen LogP contribution in [0.5, 0.6) is 5.75 Å². The standard InChI is InChI=1S/C18H24ClN5O/c1-4-23-7-9-24(10-8-23)18-12-17(20-13(2)21-18)22-14-5-6-16(25-3)15(19)11-14/h5-6,11-12H,4,7-10H2,1-3H3,(H,20,21,22). The Morgan fingerprint density at radius 3 is 2.56 bits per heavy atom. The maximum Gasteiger partial charge on any atom is 0.137 e. The van der Waals surface area contributed by atoms with Crippen molar-refractivity contribution in [2.75, 3.05) is 50.1 Å². The molecule has 134 valence electrons. The van der Waals surface area contributed by atoms with Crippen LogP contribution in [0, 0.1) is 6.92 Å². The van der Waals surface area contributed by atoms with Crippen LogP contribution in [0.25, 0.3) is 0 Å². The van der Waals surface area contributed by atoms with Crippen molar-refractivity contribution >= 4 is 28.9 Å². The van der Waals surface area contributed by atoms with Crippen LogP contribution >= 0.6 is 11.6 Å². The third kappa shape index (κ3) is 4.32. The van der Waals surface area contributed by atoms with E-state index in [4.69, 9.17) is 16.3 Å². The van der Waals surface area contributed by atoms with Gasteiger partial charge in [-0.05, 0) is 31.7 Å². The van der Waals surface area contributed by atoms with Gasteiger partial charge in [0.25, 0.3) is 0 Å². The van der Waals surface area contributed by atoms with Gasteiger partial charge in [0, 0.05) is 37.9 Å². The maximum absolute atomic E-state index is 6.20. The molecule has 0 atom stereocenters. The quantitative estimate of drug-likeness (QED) is 0.881. The van der Waals surface area contributed by atoms with Crippen molar-refractivity contribution in [1.29, 1.82) is 0 Å². The number of nitrogens with zero attached hydrogens (tertiary/aromatic N) is 4. The number of halogens is 1. The first-order valence-corrected chi connectivity index (χ1v) is 8.90. The Hall–Kier alpha value is -2.05. The second kappa shape index (κ2) is 7.89. The number of anilines is 3. The van der Waals surface area contributed by atoms with E-state index in [-0.39, 0.29) is 0 Å². The lowest BCUT2D eigenvalue weighted by Crippen LogP contribution is -2.46. The molecule has 0 saturated carbocycles. The molecule has 0 spiro atoms. The van der Waals surface area contributed by atoms with E-state index in [1.807, 2.05) is 31.2 Å². The molecule has 6 nitrogen and oxygen atoms in total. The molecule has 0 radical (unpaired) electrons. The van der Waals surface area contributed by atoms with Crippen molar-refractivity contribution in [2.45, 2.75) is 13.8 Å². The lowest BCUT2D eigenvalue weighted by Gasteiger charge is -2.34. The van der Waals surface area contributed by atoms with E-state index in [0.717, 1.165) is 55.9 Å². The van der Waals surface area contributed by atoms with E-state index < -0.39 is 0 Å². The molecule has 2 aromatic rings. The van der Waals surface area contributed by atoms with Crippen LogP contribution in [-0.4, -0.2) is 54.7 Å². The van der Waals surface area contributed by atoms with Gasteiger partial charge < -0.3 is 19.9 Å². The van der Waals surface area contributed by atoms with Gasteiger partial charge in [-0.3, -0.25) is 0 Å². The Morgan fingerprint density at radius 1 is 1.16 bits per heavy atom. The molecule has 3 rings (SSSR count). The summed E-state index contributed by atoms with van der Waals surface area (Å²) in [5.74, 6) is 3.13. The van der Waals surface area contributed by atoms with Crippen molar-refractivity contribution in [1.82, 2.24) is 14.9 Å². The highest BCUT2D eigenvalue weighted by Crippen LogP contribution is 2.29. The summed E-state index contributed by atoms with van der Waals surface area (Å²) in [6.07, 6.45) is 0. The van der Waals surface area contributed by atoms with Crippen molar-refractivity contribution < 1.29 is 4.74 Å². The second-order valence-electron chi connectivity index (χ2n) is 6.05. The lowest BCUT2D eigenvalue weighted by atomic mass is 10.3. The number of methoxy groups -OCH3 is 1. The minimum atomic E-state index is 0.564. The SMILES string of the molecule is CCN1CCN(c2cc(Nc3ccc(OC)c(Cl)c3)nc(C)n2)CC1. The van der Waals surface area contributed by atoms with E-state index in [1.165, 1.54) is 0 Å². The average Bonchev–Trinajstić information content (AvgIpc) is 2.61. The zero-order valence-corrected chi connectivity index (χ0v) is 15.7. The number of nitrogens with one attached hydrogen (secondary N) is 1. The normalized spacial score (nSPS) is 15.3. The highest BCUT2D eigenvalue weighted by molar-refractivity contribution is 6.32. The lowest BCUT2D eigenvalue weighted by molar-refractivity contribution is 0.270. The summed E-state index contributed by atoms with van der Waals surface area (Å²) < 4.78 is 5.19. The highest BCUT2D eigenvalue weighted by Gasteiger charge is 2.18. The number of hydrogen-bond acceptors (Lipinski definition) is 6. The molecule has 0 aliphatic carbocycles. The number of benzene rings is 1. The number of aryl methyl sites for hydroxylation is 1. The van der Waals surface area contributed by atoms with Gasteiger partial charge in [-0.15, -0.1) is 0 Å². The first-order chi connectivity index (χ1) is 12.1. The fourth-order valence-corrected chi connectivity index (χ4v) is 3.22. The maximum atomic E-state index is 6.20. The molecule has 0 unspecified atom stereocenters. The van der Waals surface area contributed by atoms with Gasteiger partial charge in [-0.2, -0.15) is 0 Å². The van der Waals surface area contributed by atoms with Gasteiger partial charge in [0.2, 0.25) is 0 Å². The number of piperazine rings is 1. The third-order valence-corrected chi connectivity index (χ3v) is 4.69. The van der Waals surface area contributed by atoms with Crippen molar-refractivity contribution in [3.05, 3.63) is 35.1 Å². The first kappa shape index (κ1) is 17.8. The van der Waals surface area contributed by atoms with Crippen molar-refractivity contribution in [2.24, 2.45) is 0 Å². The van der Waals surface area contributed by atoms with Gasteiger partial charge in [-0.1, -0.05) is 18.5 Å². The van der Waals surface area contributed by atoms with Crippen LogP contribution in [-0.2, 0) is 0 Å². The number of aromatic nitrogens is 2. The summed E-state index contributed by atoms with van der Waals surface area (Å²) in [5, 5.41) is 3.87. The molecule has 1 N–H and O–H groups in total. The first-order valence-electron chi connectivity index (χ1n) is 8.52. The summed E-state index contributed by atoms with van der Waals surface area (Å²) in [6, 6.07) is 7.58. The summed E-state index contributed by atoms with van der Waals surface area (Å²) in [6.45, 7) is 9.31. The fraction of sp³-hybridized carbons (Fsp3) is 0.444. The minimum Gasteiger partial charge on any atom is -0.495 e. The molecule has 1 saturated heterocycles. The van der Waals surface area contributed by atoms with Crippen LogP contribution in [0.1, 0.15) is 12.7 Å². The molecular formula is C18H24ClN5O. The number of ether oxygens (including phenoxy) is 1. The number of hydrogen-bond donors (Lipinski definition) is 1. The van der Waals surface area contributed by atoms with Gasteiger partial charge in [0.1, 0.15) is 23.2 Å². The van der Waals surface area contributed by atoms with E-state index in [2.05, 4.69) is 32.0 Å². The zero-order valence-electron chi connectivity index (χ0n) is 14.9. The smallest absolute Gasteiger partial charge is 0.137 e. The third-order valence-electron chi connectivity index (χ3n) is 4.39. The van der Waals surface area contributed by atoms with Crippen LogP contribution in [0.2, 0.25) is 5.02 Å². The Kier molecular flexibility index (Phi) is 5.60. The van der Waals surface area contributed by atoms with Gasteiger partial charge in [0.15, 0.2) is 0 Å². The molecule has 1 aromatic heterocycles. The Labute approximate surface area is 153 Å². The minimum absolute atomic E-state index is 0.564. The molecular weight excluding hydrogens is 338 g/mol. The van der Waals surface area contributed by atoms with E-state index >= 15 is 0 Å². The molecule has 7 heteroatoms. The van der Waals surface area contributed by atoms with Crippen LogP contribution in [0.3, 0.4) is 0 Å². The Bertz CT molecular complexity index is 731. The van der Waals surface area contributed by atoms with Gasteiger partial charge in [0.05, 0.1) is 12.1 Å². The molecule has 0 bridgehead atoms. The topological polar surface area (TPSA) is 53.5 Å². The predicted molar refractivity (Wildman–Crippen MR) is 102 cm³/mol. The molecule has 1 aliphatic rings. The van der Waals surface area contributed by atoms with E-state index in [9.17, 15) is 0 Å². The van der Waals surface area contributed by atoms with Crippen LogP contribution in [0.4, 0.5) is 17.3 Å². The van der Waals surface area contributed by atoms with E-state index in [0.29, 0.717) is 10.8 Å². The van der Waals surface area contributed by atoms with E-state index in [1.54, 1.807) is 7.11 Å². The summed E-state index contributed by atoms with van der Waals surface area (Å²) in [5.41, 5.74) is 0.866.